The number of hydrogen-bond acceptors (Lipinski definition) is 3. The summed E-state index contributed by atoms with van der Waals surface area (Å²) in [6, 6.07) is 9.60. The Morgan fingerprint density at radius 2 is 1.85 bits per heavy atom. The van der Waals surface area contributed by atoms with Crippen molar-refractivity contribution in [2.24, 2.45) is 0 Å². The standard InChI is InChI=1S/C19H22ClN5O/c1-13-8-10-24(22-13)11-9-18(26)21-19-14(2)23-25(15(19)3)12-16-4-6-17(20)7-5-16/h4-8,10H,9,11-12H2,1-3H3,(H,21,26). The van der Waals surface area contributed by atoms with Crippen molar-refractivity contribution in [3.8, 4) is 0 Å². The van der Waals surface area contributed by atoms with Gasteiger partial charge in [-0.1, -0.05) is 23.7 Å². The van der Waals surface area contributed by atoms with E-state index in [-0.39, 0.29) is 5.91 Å². The van der Waals surface area contributed by atoms with Crippen molar-refractivity contribution in [2.45, 2.75) is 40.3 Å². The minimum Gasteiger partial charge on any atom is -0.323 e. The molecule has 1 amide bonds. The molecule has 0 fully saturated rings. The summed E-state index contributed by atoms with van der Waals surface area (Å²) < 4.78 is 3.67. The predicted octanol–water partition coefficient (Wildman–Crippen LogP) is 3.74. The molecule has 2 heterocycles. The summed E-state index contributed by atoms with van der Waals surface area (Å²) in [5.41, 5.74) is 4.56. The van der Waals surface area contributed by atoms with Gasteiger partial charge in [0.2, 0.25) is 5.91 Å². The van der Waals surface area contributed by atoms with Crippen molar-refractivity contribution in [2.75, 3.05) is 5.32 Å². The normalized spacial score (nSPS) is 10.9. The first-order chi connectivity index (χ1) is 12.4. The van der Waals surface area contributed by atoms with Gasteiger partial charge in [0.05, 0.1) is 29.3 Å². The van der Waals surface area contributed by atoms with E-state index in [4.69, 9.17) is 11.6 Å². The topological polar surface area (TPSA) is 64.7 Å². The lowest BCUT2D eigenvalue weighted by molar-refractivity contribution is -0.116. The van der Waals surface area contributed by atoms with Gasteiger partial charge in [0, 0.05) is 24.2 Å². The molecule has 6 nitrogen and oxygen atoms in total. The summed E-state index contributed by atoms with van der Waals surface area (Å²) in [7, 11) is 0. The summed E-state index contributed by atoms with van der Waals surface area (Å²) in [6.45, 7) is 6.97. The van der Waals surface area contributed by atoms with Crippen molar-refractivity contribution in [3.05, 3.63) is 64.2 Å². The summed E-state index contributed by atoms with van der Waals surface area (Å²) in [6.07, 6.45) is 2.24. The smallest absolute Gasteiger partial charge is 0.226 e. The number of nitrogens with one attached hydrogen (secondary N) is 1. The van der Waals surface area contributed by atoms with Crippen molar-refractivity contribution < 1.29 is 4.79 Å². The fourth-order valence-corrected chi connectivity index (χ4v) is 2.93. The molecule has 2 aromatic heterocycles. The zero-order valence-corrected chi connectivity index (χ0v) is 15.9. The number of amides is 1. The number of anilines is 1. The van der Waals surface area contributed by atoms with E-state index in [9.17, 15) is 4.79 Å². The zero-order valence-electron chi connectivity index (χ0n) is 15.2. The van der Waals surface area contributed by atoms with E-state index >= 15 is 0 Å². The van der Waals surface area contributed by atoms with E-state index in [1.165, 1.54) is 0 Å². The Labute approximate surface area is 157 Å². The Kier molecular flexibility index (Phi) is 5.42. The van der Waals surface area contributed by atoms with Crippen molar-refractivity contribution in [1.29, 1.82) is 0 Å². The second kappa shape index (κ2) is 7.74. The fourth-order valence-electron chi connectivity index (χ4n) is 2.80. The van der Waals surface area contributed by atoms with Crippen LogP contribution in [0, 0.1) is 20.8 Å². The van der Waals surface area contributed by atoms with Gasteiger partial charge in [-0.15, -0.1) is 0 Å². The van der Waals surface area contributed by atoms with E-state index in [0.29, 0.717) is 24.5 Å². The van der Waals surface area contributed by atoms with Gasteiger partial charge in [-0.25, -0.2) is 0 Å². The lowest BCUT2D eigenvalue weighted by Crippen LogP contribution is -2.16. The second-order valence-corrected chi connectivity index (χ2v) is 6.78. The van der Waals surface area contributed by atoms with Gasteiger partial charge in [-0.2, -0.15) is 10.2 Å². The van der Waals surface area contributed by atoms with E-state index in [1.54, 1.807) is 4.68 Å². The molecule has 0 saturated heterocycles. The van der Waals surface area contributed by atoms with E-state index < -0.39 is 0 Å². The van der Waals surface area contributed by atoms with Gasteiger partial charge in [0.1, 0.15) is 0 Å². The van der Waals surface area contributed by atoms with Crippen LogP contribution < -0.4 is 5.32 Å². The molecule has 0 spiro atoms. The number of carbonyl (C=O) groups is 1. The molecule has 3 aromatic rings. The highest BCUT2D eigenvalue weighted by atomic mass is 35.5. The third kappa shape index (κ3) is 4.32. The molecule has 26 heavy (non-hydrogen) atoms. The highest BCUT2D eigenvalue weighted by Gasteiger charge is 2.14. The number of aromatic nitrogens is 4. The van der Waals surface area contributed by atoms with E-state index in [2.05, 4.69) is 15.5 Å². The Balaban J connectivity index is 1.65. The molecule has 3 rings (SSSR count). The van der Waals surface area contributed by atoms with Crippen LogP contribution in [-0.4, -0.2) is 25.5 Å². The summed E-state index contributed by atoms with van der Waals surface area (Å²) in [5.74, 6) is -0.0459. The van der Waals surface area contributed by atoms with E-state index in [0.717, 1.165) is 28.3 Å². The zero-order chi connectivity index (χ0) is 18.7. The number of carbonyl (C=O) groups excluding carboxylic acids is 1. The van der Waals surface area contributed by atoms with Crippen LogP contribution in [0.4, 0.5) is 5.69 Å². The average Bonchev–Trinajstić information content (AvgIpc) is 3.13. The molecule has 0 saturated carbocycles. The highest BCUT2D eigenvalue weighted by molar-refractivity contribution is 6.30. The summed E-state index contributed by atoms with van der Waals surface area (Å²) >= 11 is 5.93. The van der Waals surface area contributed by atoms with Crippen LogP contribution in [0.3, 0.4) is 0 Å². The summed E-state index contributed by atoms with van der Waals surface area (Å²) in [4.78, 5) is 12.3. The van der Waals surface area contributed by atoms with Crippen LogP contribution in [0.25, 0.3) is 0 Å². The predicted molar refractivity (Wildman–Crippen MR) is 102 cm³/mol. The second-order valence-electron chi connectivity index (χ2n) is 6.35. The van der Waals surface area contributed by atoms with Crippen LogP contribution in [-0.2, 0) is 17.9 Å². The molecule has 0 aliphatic heterocycles. The molecule has 0 aliphatic rings. The third-order valence-corrected chi connectivity index (χ3v) is 4.49. The largest absolute Gasteiger partial charge is 0.323 e. The maximum atomic E-state index is 12.3. The van der Waals surface area contributed by atoms with Gasteiger partial charge in [0.25, 0.3) is 0 Å². The minimum atomic E-state index is -0.0459. The van der Waals surface area contributed by atoms with Gasteiger partial charge >= 0.3 is 0 Å². The first-order valence-corrected chi connectivity index (χ1v) is 8.88. The first kappa shape index (κ1) is 18.2. The molecule has 1 N–H and O–H groups in total. The SMILES string of the molecule is Cc1ccn(CCC(=O)Nc2c(C)nn(Cc3ccc(Cl)cc3)c2C)n1. The Morgan fingerprint density at radius 3 is 2.50 bits per heavy atom. The molecular formula is C19H22ClN5O. The minimum absolute atomic E-state index is 0.0459. The maximum Gasteiger partial charge on any atom is 0.226 e. The molecule has 7 heteroatoms. The molecule has 0 bridgehead atoms. The van der Waals surface area contributed by atoms with Crippen LogP contribution in [0.5, 0.6) is 0 Å². The molecule has 136 valence electrons. The lowest BCUT2D eigenvalue weighted by Gasteiger charge is -2.08. The van der Waals surface area contributed by atoms with Crippen LogP contribution in [0.2, 0.25) is 5.02 Å². The first-order valence-electron chi connectivity index (χ1n) is 8.51. The summed E-state index contributed by atoms with van der Waals surface area (Å²) in [5, 5.41) is 12.5. The quantitative estimate of drug-likeness (QED) is 0.717. The molecule has 0 radical (unpaired) electrons. The Bertz CT molecular complexity index is 911. The lowest BCUT2D eigenvalue weighted by atomic mass is 10.2. The molecule has 0 atom stereocenters. The molecule has 1 aromatic carbocycles. The molecular weight excluding hydrogens is 350 g/mol. The Hall–Kier alpha value is -2.60. The molecule has 0 aliphatic carbocycles. The Morgan fingerprint density at radius 1 is 1.12 bits per heavy atom. The van der Waals surface area contributed by atoms with Crippen LogP contribution >= 0.6 is 11.6 Å². The van der Waals surface area contributed by atoms with Gasteiger partial charge in [0.15, 0.2) is 0 Å². The number of halogens is 1. The van der Waals surface area contributed by atoms with Gasteiger partial charge in [-0.05, 0) is 44.5 Å². The molecule has 0 unspecified atom stereocenters. The van der Waals surface area contributed by atoms with Gasteiger partial charge in [-0.3, -0.25) is 14.2 Å². The fraction of sp³-hybridized carbons (Fsp3) is 0.316. The third-order valence-electron chi connectivity index (χ3n) is 4.23. The van der Waals surface area contributed by atoms with Crippen molar-refractivity contribution >= 4 is 23.2 Å². The van der Waals surface area contributed by atoms with Crippen molar-refractivity contribution in [3.63, 3.8) is 0 Å². The number of hydrogen-bond donors (Lipinski definition) is 1. The maximum absolute atomic E-state index is 12.3. The van der Waals surface area contributed by atoms with Crippen LogP contribution in [0.15, 0.2) is 36.5 Å². The van der Waals surface area contributed by atoms with E-state index in [1.807, 2.05) is 62.0 Å². The number of aryl methyl sites for hydroxylation is 3. The van der Waals surface area contributed by atoms with Crippen LogP contribution in [0.1, 0.15) is 29.1 Å². The van der Waals surface area contributed by atoms with Crippen molar-refractivity contribution in [1.82, 2.24) is 19.6 Å². The highest BCUT2D eigenvalue weighted by Crippen LogP contribution is 2.21. The average molecular weight is 372 g/mol. The number of nitrogens with zero attached hydrogens (tertiary/aromatic N) is 4. The monoisotopic (exact) mass is 371 g/mol. The number of benzene rings is 1. The number of rotatable bonds is 6. The van der Waals surface area contributed by atoms with Gasteiger partial charge < -0.3 is 5.32 Å².